The van der Waals surface area contributed by atoms with E-state index in [0.717, 1.165) is 29.6 Å². The van der Waals surface area contributed by atoms with Crippen molar-refractivity contribution < 1.29 is 24.5 Å². The highest BCUT2D eigenvalue weighted by molar-refractivity contribution is 5.66. The van der Waals surface area contributed by atoms with Crippen molar-refractivity contribution in [2.75, 3.05) is 6.61 Å². The summed E-state index contributed by atoms with van der Waals surface area (Å²) >= 11 is 0. The van der Waals surface area contributed by atoms with Gasteiger partial charge in [-0.25, -0.2) is 0 Å². The standard InChI is InChI=1S/C22H32O5/c1-14-8-9-19-17(7-6-10-22(4,5)25)13-26-21(24)20(19)15(2)12-18(11-14)27-16(3)23/h6-7,10-11,18-21,24-25H,2,8-9,12-13H2,1,3-5H3/b10-6+,14-11-,17-7-/t18-,19+,20-,21-/m0/s1. The number of hydrogen-bond donors (Lipinski definition) is 2. The highest BCUT2D eigenvalue weighted by Gasteiger charge is 2.38. The van der Waals surface area contributed by atoms with Crippen molar-refractivity contribution in [2.45, 2.75) is 65.0 Å². The summed E-state index contributed by atoms with van der Waals surface area (Å²) in [7, 11) is 0. The molecule has 1 saturated heterocycles. The van der Waals surface area contributed by atoms with Gasteiger partial charge in [0.2, 0.25) is 0 Å². The van der Waals surface area contributed by atoms with Crippen LogP contribution in [0.1, 0.15) is 47.0 Å². The molecule has 2 N–H and O–H groups in total. The zero-order valence-corrected chi connectivity index (χ0v) is 16.8. The van der Waals surface area contributed by atoms with Crippen molar-refractivity contribution in [3.05, 3.63) is 47.6 Å². The monoisotopic (exact) mass is 376 g/mol. The summed E-state index contributed by atoms with van der Waals surface area (Å²) in [5, 5.41) is 20.4. The molecule has 0 saturated carbocycles. The summed E-state index contributed by atoms with van der Waals surface area (Å²) in [5.41, 5.74) is 2.17. The average Bonchev–Trinajstić information content (AvgIpc) is 2.57. The van der Waals surface area contributed by atoms with Gasteiger partial charge in [-0.1, -0.05) is 36.0 Å². The molecule has 2 aliphatic rings. The van der Waals surface area contributed by atoms with Crippen LogP contribution in [-0.4, -0.2) is 40.8 Å². The Kier molecular flexibility index (Phi) is 7.20. The molecule has 1 heterocycles. The number of allylic oxidation sites excluding steroid dienone is 3. The van der Waals surface area contributed by atoms with Gasteiger partial charge in [0.25, 0.3) is 0 Å². The molecule has 1 aliphatic carbocycles. The van der Waals surface area contributed by atoms with Gasteiger partial charge in [-0.2, -0.15) is 0 Å². The minimum absolute atomic E-state index is 0.0899. The van der Waals surface area contributed by atoms with E-state index >= 15 is 0 Å². The lowest BCUT2D eigenvalue weighted by Crippen LogP contribution is -2.39. The van der Waals surface area contributed by atoms with E-state index < -0.39 is 11.9 Å². The molecule has 1 aliphatic heterocycles. The van der Waals surface area contributed by atoms with Gasteiger partial charge in [0, 0.05) is 19.3 Å². The maximum absolute atomic E-state index is 11.4. The topological polar surface area (TPSA) is 76.0 Å². The Balaban J connectivity index is 2.30. The molecule has 27 heavy (non-hydrogen) atoms. The largest absolute Gasteiger partial charge is 0.458 e. The minimum Gasteiger partial charge on any atom is -0.458 e. The lowest BCUT2D eigenvalue weighted by molar-refractivity contribution is -0.150. The number of aliphatic hydroxyl groups excluding tert-OH is 1. The number of hydrogen-bond acceptors (Lipinski definition) is 5. The Morgan fingerprint density at radius 2 is 2.15 bits per heavy atom. The smallest absolute Gasteiger partial charge is 0.303 e. The third-order valence-electron chi connectivity index (χ3n) is 5.02. The van der Waals surface area contributed by atoms with Gasteiger partial charge in [-0.15, -0.1) is 0 Å². The first-order valence-corrected chi connectivity index (χ1v) is 9.49. The van der Waals surface area contributed by atoms with E-state index in [2.05, 4.69) is 6.58 Å². The van der Waals surface area contributed by atoms with Gasteiger partial charge in [0.1, 0.15) is 6.10 Å². The van der Waals surface area contributed by atoms with E-state index in [9.17, 15) is 15.0 Å². The first kappa shape index (κ1) is 21.6. The third kappa shape index (κ3) is 6.45. The van der Waals surface area contributed by atoms with Gasteiger partial charge in [0.15, 0.2) is 6.29 Å². The number of esters is 1. The van der Waals surface area contributed by atoms with Crippen LogP contribution in [0.25, 0.3) is 0 Å². The van der Waals surface area contributed by atoms with Crippen LogP contribution in [0.15, 0.2) is 47.6 Å². The predicted molar refractivity (Wildman–Crippen MR) is 105 cm³/mol. The van der Waals surface area contributed by atoms with Crippen molar-refractivity contribution in [1.29, 1.82) is 0 Å². The summed E-state index contributed by atoms with van der Waals surface area (Å²) in [5.74, 6) is -0.490. The molecule has 150 valence electrons. The molecule has 2 rings (SSSR count). The maximum Gasteiger partial charge on any atom is 0.303 e. The fourth-order valence-corrected chi connectivity index (χ4v) is 3.78. The average molecular weight is 376 g/mol. The second-order valence-corrected chi connectivity index (χ2v) is 8.15. The molecule has 0 aromatic rings. The zero-order chi connectivity index (χ0) is 20.2. The fourth-order valence-electron chi connectivity index (χ4n) is 3.78. The predicted octanol–water partition coefficient (Wildman–Crippen LogP) is 3.44. The van der Waals surface area contributed by atoms with Crippen molar-refractivity contribution >= 4 is 5.97 Å². The molecule has 5 heteroatoms. The number of rotatable bonds is 3. The van der Waals surface area contributed by atoms with Crippen LogP contribution in [0.3, 0.4) is 0 Å². The highest BCUT2D eigenvalue weighted by Crippen LogP contribution is 2.41. The molecule has 0 radical (unpaired) electrons. The molecule has 0 spiro atoms. The fraction of sp³-hybridized carbons (Fsp3) is 0.591. The Morgan fingerprint density at radius 3 is 2.78 bits per heavy atom. The molecule has 5 nitrogen and oxygen atoms in total. The molecule has 4 atom stereocenters. The van der Waals surface area contributed by atoms with Crippen molar-refractivity contribution in [3.8, 4) is 0 Å². The summed E-state index contributed by atoms with van der Waals surface area (Å²) in [6.45, 7) is 11.4. The highest BCUT2D eigenvalue weighted by atomic mass is 16.6. The van der Waals surface area contributed by atoms with Crippen LogP contribution in [-0.2, 0) is 14.3 Å². The zero-order valence-electron chi connectivity index (χ0n) is 16.8. The second-order valence-electron chi connectivity index (χ2n) is 8.15. The van der Waals surface area contributed by atoms with Crippen molar-refractivity contribution in [1.82, 2.24) is 0 Å². The molecule has 0 aromatic heterocycles. The van der Waals surface area contributed by atoms with Crippen LogP contribution in [0.5, 0.6) is 0 Å². The molecule has 0 unspecified atom stereocenters. The molecular formula is C22H32O5. The van der Waals surface area contributed by atoms with Gasteiger partial charge in [0.05, 0.1) is 12.2 Å². The van der Waals surface area contributed by atoms with Crippen LogP contribution in [0, 0.1) is 11.8 Å². The van der Waals surface area contributed by atoms with Gasteiger partial charge in [-0.05, 0) is 51.2 Å². The number of fused-ring (bicyclic) bond motifs is 1. The maximum atomic E-state index is 11.4. The van der Waals surface area contributed by atoms with E-state index in [-0.39, 0.29) is 23.9 Å². The summed E-state index contributed by atoms with van der Waals surface area (Å²) in [4.78, 5) is 11.4. The van der Waals surface area contributed by atoms with Gasteiger partial charge < -0.3 is 19.7 Å². The number of carbonyl (C=O) groups excluding carboxylic acids is 1. The number of carbonyl (C=O) groups is 1. The van der Waals surface area contributed by atoms with Crippen LogP contribution in [0.2, 0.25) is 0 Å². The van der Waals surface area contributed by atoms with E-state index in [1.165, 1.54) is 6.92 Å². The van der Waals surface area contributed by atoms with E-state index in [1.807, 2.05) is 25.2 Å². The van der Waals surface area contributed by atoms with E-state index in [1.54, 1.807) is 19.9 Å². The SMILES string of the molecule is C=C1C[C@@H](OC(C)=O)/C=C(/C)CC[C@@H]2/C(=C\C=C\C(C)(C)O)CO[C@H](O)[C@@H]12. The molecule has 1 fully saturated rings. The lowest BCUT2D eigenvalue weighted by atomic mass is 9.75. The molecule has 0 bridgehead atoms. The summed E-state index contributed by atoms with van der Waals surface area (Å²) < 4.78 is 11.0. The number of ether oxygens (including phenoxy) is 2. The Hall–Kier alpha value is -1.69. The van der Waals surface area contributed by atoms with E-state index in [0.29, 0.717) is 13.0 Å². The lowest BCUT2D eigenvalue weighted by Gasteiger charge is -2.39. The molecule has 0 aromatic carbocycles. The van der Waals surface area contributed by atoms with Gasteiger partial charge in [-0.3, -0.25) is 4.79 Å². The Bertz CT molecular complexity index is 650. The van der Waals surface area contributed by atoms with Gasteiger partial charge >= 0.3 is 5.97 Å². The van der Waals surface area contributed by atoms with Crippen LogP contribution < -0.4 is 0 Å². The summed E-state index contributed by atoms with van der Waals surface area (Å²) in [6.07, 6.45) is 8.38. The van der Waals surface area contributed by atoms with Crippen LogP contribution in [0.4, 0.5) is 0 Å². The minimum atomic E-state index is -0.922. The van der Waals surface area contributed by atoms with Crippen LogP contribution >= 0.6 is 0 Å². The Labute approximate surface area is 162 Å². The van der Waals surface area contributed by atoms with Crippen molar-refractivity contribution in [3.63, 3.8) is 0 Å². The number of aliphatic hydroxyl groups is 2. The van der Waals surface area contributed by atoms with Crippen molar-refractivity contribution in [2.24, 2.45) is 11.8 Å². The first-order chi connectivity index (χ1) is 12.6. The molecule has 0 amide bonds. The quantitative estimate of drug-likeness (QED) is 0.583. The third-order valence-corrected chi connectivity index (χ3v) is 5.02. The van der Waals surface area contributed by atoms with E-state index in [4.69, 9.17) is 9.47 Å². The first-order valence-electron chi connectivity index (χ1n) is 9.49. The second kappa shape index (κ2) is 9.00. The molecular weight excluding hydrogens is 344 g/mol. The Morgan fingerprint density at radius 1 is 1.44 bits per heavy atom. The summed E-state index contributed by atoms with van der Waals surface area (Å²) in [6, 6.07) is 0. The normalized spacial score (nSPS) is 33.6.